The van der Waals surface area contributed by atoms with Crippen LogP contribution in [0.25, 0.3) is 0 Å². The molecule has 1 heterocycles. The van der Waals surface area contributed by atoms with Crippen molar-refractivity contribution < 1.29 is 9.59 Å². The summed E-state index contributed by atoms with van der Waals surface area (Å²) in [5.74, 6) is -0.0942. The number of carbonyl (C=O) groups is 2. The van der Waals surface area contributed by atoms with Crippen LogP contribution in [0.3, 0.4) is 0 Å². The third-order valence-electron chi connectivity index (χ3n) is 4.21. The molecular formula is C19H21ClN4O2. The van der Waals surface area contributed by atoms with E-state index in [1.54, 1.807) is 17.0 Å². The first-order valence-corrected chi connectivity index (χ1v) is 8.84. The fraction of sp³-hybridized carbons (Fsp3) is 0.263. The van der Waals surface area contributed by atoms with E-state index in [1.165, 1.54) is 6.92 Å². The average molecular weight is 373 g/mol. The highest BCUT2D eigenvalue weighted by Gasteiger charge is 2.22. The van der Waals surface area contributed by atoms with Crippen molar-refractivity contribution in [3.8, 4) is 0 Å². The second kappa shape index (κ2) is 8.10. The van der Waals surface area contributed by atoms with Crippen molar-refractivity contribution in [2.24, 2.45) is 0 Å². The Morgan fingerprint density at radius 3 is 2.38 bits per heavy atom. The second-order valence-electron chi connectivity index (χ2n) is 6.12. The van der Waals surface area contributed by atoms with Gasteiger partial charge in [0.25, 0.3) is 0 Å². The Labute approximate surface area is 157 Å². The maximum atomic E-state index is 12.4. The van der Waals surface area contributed by atoms with Crippen LogP contribution in [0.4, 0.5) is 21.9 Å². The number of hydrogen-bond donors (Lipinski definition) is 2. The molecule has 3 rings (SSSR count). The van der Waals surface area contributed by atoms with E-state index in [1.807, 2.05) is 36.4 Å². The highest BCUT2D eigenvalue weighted by molar-refractivity contribution is 6.33. The molecule has 2 N–H and O–H groups in total. The fourth-order valence-electron chi connectivity index (χ4n) is 2.91. The first kappa shape index (κ1) is 18.1. The molecule has 0 aromatic heterocycles. The minimum atomic E-state index is -0.148. The molecule has 1 fully saturated rings. The van der Waals surface area contributed by atoms with Gasteiger partial charge in [0.15, 0.2) is 0 Å². The summed E-state index contributed by atoms with van der Waals surface area (Å²) in [4.78, 5) is 27.6. The minimum Gasteiger partial charge on any atom is -0.368 e. The smallest absolute Gasteiger partial charge is 0.322 e. The van der Waals surface area contributed by atoms with E-state index in [-0.39, 0.29) is 11.9 Å². The van der Waals surface area contributed by atoms with Gasteiger partial charge in [-0.25, -0.2) is 4.79 Å². The summed E-state index contributed by atoms with van der Waals surface area (Å²) in [7, 11) is 0. The maximum Gasteiger partial charge on any atom is 0.322 e. The molecule has 2 aromatic rings. The summed E-state index contributed by atoms with van der Waals surface area (Å²) in [6, 6.07) is 14.8. The molecule has 3 amide bonds. The summed E-state index contributed by atoms with van der Waals surface area (Å²) in [5.41, 5.74) is 2.42. The molecule has 6 nitrogen and oxygen atoms in total. The van der Waals surface area contributed by atoms with Crippen LogP contribution in [0.1, 0.15) is 6.92 Å². The number of nitrogens with one attached hydrogen (secondary N) is 2. The van der Waals surface area contributed by atoms with Gasteiger partial charge in [0.05, 0.1) is 10.7 Å². The average Bonchev–Trinajstić information content (AvgIpc) is 2.63. The van der Waals surface area contributed by atoms with Gasteiger partial charge in [-0.1, -0.05) is 29.8 Å². The first-order chi connectivity index (χ1) is 12.5. The van der Waals surface area contributed by atoms with Crippen molar-refractivity contribution >= 4 is 40.6 Å². The summed E-state index contributed by atoms with van der Waals surface area (Å²) in [5, 5.41) is 6.17. The van der Waals surface area contributed by atoms with Crippen molar-refractivity contribution in [1.29, 1.82) is 0 Å². The Hall–Kier alpha value is -2.73. The summed E-state index contributed by atoms with van der Waals surface area (Å²) in [6.45, 7) is 4.16. The van der Waals surface area contributed by atoms with Gasteiger partial charge in [-0.15, -0.1) is 0 Å². The van der Waals surface area contributed by atoms with Gasteiger partial charge in [-0.3, -0.25) is 4.79 Å². The van der Waals surface area contributed by atoms with Gasteiger partial charge in [-0.05, 0) is 30.3 Å². The van der Waals surface area contributed by atoms with Crippen molar-refractivity contribution in [2.75, 3.05) is 41.7 Å². The Morgan fingerprint density at radius 2 is 1.69 bits per heavy atom. The molecule has 0 unspecified atom stereocenters. The lowest BCUT2D eigenvalue weighted by Gasteiger charge is -2.36. The van der Waals surface area contributed by atoms with E-state index in [2.05, 4.69) is 15.5 Å². The third kappa shape index (κ3) is 4.46. The number of rotatable bonds is 3. The number of amides is 3. The zero-order chi connectivity index (χ0) is 18.5. The SMILES string of the molecule is CC(=O)Nc1cccc(N2CCN(C(=O)Nc3ccccc3Cl)CC2)c1. The predicted molar refractivity (Wildman–Crippen MR) is 105 cm³/mol. The van der Waals surface area contributed by atoms with Crippen LogP contribution in [0.5, 0.6) is 0 Å². The van der Waals surface area contributed by atoms with E-state index in [9.17, 15) is 9.59 Å². The highest BCUT2D eigenvalue weighted by atomic mass is 35.5. The van der Waals surface area contributed by atoms with Crippen LogP contribution in [0.15, 0.2) is 48.5 Å². The van der Waals surface area contributed by atoms with Crippen molar-refractivity contribution in [3.63, 3.8) is 0 Å². The predicted octanol–water partition coefficient (Wildman–Crippen LogP) is 3.65. The number of anilines is 3. The van der Waals surface area contributed by atoms with E-state index in [0.717, 1.165) is 24.5 Å². The van der Waals surface area contributed by atoms with E-state index in [4.69, 9.17) is 11.6 Å². The van der Waals surface area contributed by atoms with E-state index in [0.29, 0.717) is 23.8 Å². The van der Waals surface area contributed by atoms with Crippen molar-refractivity contribution in [3.05, 3.63) is 53.6 Å². The largest absolute Gasteiger partial charge is 0.368 e. The van der Waals surface area contributed by atoms with Gasteiger partial charge in [0, 0.05) is 44.5 Å². The van der Waals surface area contributed by atoms with Gasteiger partial charge in [0.1, 0.15) is 0 Å². The third-order valence-corrected chi connectivity index (χ3v) is 4.54. The Bertz CT molecular complexity index is 804. The number of benzene rings is 2. The lowest BCUT2D eigenvalue weighted by Crippen LogP contribution is -2.50. The van der Waals surface area contributed by atoms with Crippen LogP contribution in [-0.4, -0.2) is 43.0 Å². The van der Waals surface area contributed by atoms with Crippen LogP contribution in [-0.2, 0) is 4.79 Å². The topological polar surface area (TPSA) is 64.7 Å². The molecule has 2 aromatic carbocycles. The van der Waals surface area contributed by atoms with Crippen LogP contribution in [0, 0.1) is 0 Å². The molecule has 7 heteroatoms. The summed E-state index contributed by atoms with van der Waals surface area (Å²) in [6.07, 6.45) is 0. The number of carbonyl (C=O) groups excluding carboxylic acids is 2. The van der Waals surface area contributed by atoms with Gasteiger partial charge in [-0.2, -0.15) is 0 Å². The number of urea groups is 1. The lowest BCUT2D eigenvalue weighted by molar-refractivity contribution is -0.114. The van der Waals surface area contributed by atoms with Gasteiger partial charge in [0.2, 0.25) is 5.91 Å². The molecular weight excluding hydrogens is 352 g/mol. The molecule has 136 valence electrons. The zero-order valence-corrected chi connectivity index (χ0v) is 15.3. The monoisotopic (exact) mass is 372 g/mol. The molecule has 0 aliphatic carbocycles. The molecule has 0 saturated carbocycles. The molecule has 1 aliphatic rings. The van der Waals surface area contributed by atoms with Crippen LogP contribution < -0.4 is 15.5 Å². The van der Waals surface area contributed by atoms with Crippen LogP contribution >= 0.6 is 11.6 Å². The van der Waals surface area contributed by atoms with Gasteiger partial charge < -0.3 is 20.4 Å². The van der Waals surface area contributed by atoms with Crippen molar-refractivity contribution in [1.82, 2.24) is 4.90 Å². The van der Waals surface area contributed by atoms with E-state index < -0.39 is 0 Å². The first-order valence-electron chi connectivity index (χ1n) is 8.46. The summed E-state index contributed by atoms with van der Waals surface area (Å²) < 4.78 is 0. The molecule has 1 aliphatic heterocycles. The fourth-order valence-corrected chi connectivity index (χ4v) is 3.09. The molecule has 0 atom stereocenters. The lowest BCUT2D eigenvalue weighted by atomic mass is 10.2. The normalized spacial score (nSPS) is 14.1. The molecule has 0 spiro atoms. The molecule has 0 bridgehead atoms. The number of hydrogen-bond acceptors (Lipinski definition) is 3. The van der Waals surface area contributed by atoms with Crippen LogP contribution in [0.2, 0.25) is 5.02 Å². The van der Waals surface area contributed by atoms with Crippen molar-refractivity contribution in [2.45, 2.75) is 6.92 Å². The number of nitrogens with zero attached hydrogens (tertiary/aromatic N) is 2. The number of para-hydroxylation sites is 1. The quantitative estimate of drug-likeness (QED) is 0.864. The number of halogens is 1. The van der Waals surface area contributed by atoms with Gasteiger partial charge >= 0.3 is 6.03 Å². The molecule has 0 radical (unpaired) electrons. The molecule has 1 saturated heterocycles. The highest BCUT2D eigenvalue weighted by Crippen LogP contribution is 2.23. The zero-order valence-electron chi connectivity index (χ0n) is 14.5. The molecule has 26 heavy (non-hydrogen) atoms. The summed E-state index contributed by atoms with van der Waals surface area (Å²) >= 11 is 6.09. The van der Waals surface area contributed by atoms with E-state index >= 15 is 0 Å². The maximum absolute atomic E-state index is 12.4. The minimum absolute atomic E-state index is 0.0942. The Kier molecular flexibility index (Phi) is 5.63. The Balaban J connectivity index is 1.58. The number of piperazine rings is 1. The standard InChI is InChI=1S/C19H21ClN4O2/c1-14(25)21-15-5-4-6-16(13-15)23-9-11-24(12-10-23)19(26)22-18-8-3-2-7-17(18)20/h2-8,13H,9-12H2,1H3,(H,21,25)(H,22,26). The Morgan fingerprint density at radius 1 is 0.962 bits per heavy atom. The second-order valence-corrected chi connectivity index (χ2v) is 6.52.